The molecule has 2 aromatic heterocycles. The number of carbonyl (C=O) groups is 2. The summed E-state index contributed by atoms with van der Waals surface area (Å²) < 4.78 is 1.83. The number of hydrogen-bond acceptors (Lipinski definition) is 5. The van der Waals surface area contributed by atoms with Crippen LogP contribution in [-0.4, -0.2) is 31.5 Å². The van der Waals surface area contributed by atoms with Crippen molar-refractivity contribution in [2.24, 2.45) is 0 Å². The Morgan fingerprint density at radius 1 is 1.38 bits per heavy atom. The van der Waals surface area contributed by atoms with Gasteiger partial charge in [0.05, 0.1) is 12.0 Å². The number of aromatic nitrogens is 3. The summed E-state index contributed by atoms with van der Waals surface area (Å²) in [5.41, 5.74) is 0.811. The molecule has 0 fully saturated rings. The van der Waals surface area contributed by atoms with Crippen molar-refractivity contribution in [1.29, 1.82) is 0 Å². The predicted octanol–water partition coefficient (Wildman–Crippen LogP) is 1.78. The molecule has 0 bridgehead atoms. The Balaban J connectivity index is 1.73. The van der Waals surface area contributed by atoms with Gasteiger partial charge in [-0.15, -0.1) is 11.3 Å². The molecule has 2 rings (SSSR count). The first-order valence-electron chi connectivity index (χ1n) is 6.55. The second kappa shape index (κ2) is 7.53. The molecule has 0 unspecified atom stereocenters. The molecule has 2 aromatic rings. The average molecular weight is 308 g/mol. The molecule has 0 spiro atoms. The van der Waals surface area contributed by atoms with Gasteiger partial charge in [0, 0.05) is 37.2 Å². The van der Waals surface area contributed by atoms with Crippen LogP contribution < -0.4 is 5.32 Å². The summed E-state index contributed by atoms with van der Waals surface area (Å²) in [6.45, 7) is 0.572. The number of carboxylic acid groups (broad SMARTS) is 1. The first-order chi connectivity index (χ1) is 10.1. The zero-order valence-electron chi connectivity index (χ0n) is 11.4. The van der Waals surface area contributed by atoms with Gasteiger partial charge in [-0.1, -0.05) is 0 Å². The van der Waals surface area contributed by atoms with Crippen molar-refractivity contribution in [2.75, 3.05) is 5.32 Å². The fraction of sp³-hybridized carbons (Fsp3) is 0.385. The third-order valence-corrected chi connectivity index (χ3v) is 3.58. The van der Waals surface area contributed by atoms with Gasteiger partial charge in [0.2, 0.25) is 5.91 Å². The molecular weight excluding hydrogens is 292 g/mol. The number of imidazole rings is 1. The normalized spacial score (nSPS) is 10.5. The van der Waals surface area contributed by atoms with Gasteiger partial charge in [0.1, 0.15) is 0 Å². The van der Waals surface area contributed by atoms with Crippen molar-refractivity contribution in [3.63, 3.8) is 0 Å². The number of anilines is 1. The maximum absolute atomic E-state index is 11.8. The summed E-state index contributed by atoms with van der Waals surface area (Å²) in [6, 6.07) is 0. The number of aliphatic carboxylic acids is 1. The van der Waals surface area contributed by atoms with E-state index < -0.39 is 5.97 Å². The van der Waals surface area contributed by atoms with E-state index in [-0.39, 0.29) is 12.3 Å². The van der Waals surface area contributed by atoms with E-state index in [1.165, 1.54) is 11.3 Å². The fourth-order valence-electron chi connectivity index (χ4n) is 1.73. The molecule has 21 heavy (non-hydrogen) atoms. The summed E-state index contributed by atoms with van der Waals surface area (Å²) in [6.07, 6.45) is 6.77. The van der Waals surface area contributed by atoms with E-state index in [1.54, 1.807) is 18.7 Å². The third-order valence-electron chi connectivity index (χ3n) is 2.78. The Kier molecular flexibility index (Phi) is 5.44. The highest BCUT2D eigenvalue weighted by Crippen LogP contribution is 2.17. The second-order valence-corrected chi connectivity index (χ2v) is 5.35. The van der Waals surface area contributed by atoms with Gasteiger partial charge in [-0.05, 0) is 12.8 Å². The molecule has 2 N–H and O–H groups in total. The van der Waals surface area contributed by atoms with Gasteiger partial charge >= 0.3 is 5.97 Å². The Bertz CT molecular complexity index is 594. The molecule has 7 nitrogen and oxygen atoms in total. The Morgan fingerprint density at radius 3 is 2.95 bits per heavy atom. The Morgan fingerprint density at radius 2 is 2.24 bits per heavy atom. The largest absolute Gasteiger partial charge is 0.481 e. The number of nitrogens with zero attached hydrogens (tertiary/aromatic N) is 3. The van der Waals surface area contributed by atoms with Crippen molar-refractivity contribution in [3.8, 4) is 0 Å². The lowest BCUT2D eigenvalue weighted by Crippen LogP contribution is -2.13. The standard InChI is InChI=1S/C13H16N4O3S/c18-11(4-6-17-7-5-14-9-17)16-13-15-10(8-21-13)2-1-3-12(19)20/h5,7-9H,1-4,6H2,(H,19,20)(H,15,16,18). The minimum absolute atomic E-state index is 0.102. The van der Waals surface area contributed by atoms with Gasteiger partial charge in [-0.25, -0.2) is 9.97 Å². The number of amides is 1. The Labute approximate surface area is 125 Å². The zero-order valence-corrected chi connectivity index (χ0v) is 12.2. The van der Waals surface area contributed by atoms with Gasteiger partial charge in [-0.3, -0.25) is 9.59 Å². The molecule has 0 saturated heterocycles. The number of thiazole rings is 1. The molecule has 0 aliphatic carbocycles. The quantitative estimate of drug-likeness (QED) is 0.774. The molecule has 8 heteroatoms. The van der Waals surface area contributed by atoms with Crippen LogP contribution in [0.25, 0.3) is 0 Å². The molecule has 0 aliphatic rings. The highest BCUT2D eigenvalue weighted by molar-refractivity contribution is 7.13. The van der Waals surface area contributed by atoms with Crippen LogP contribution >= 0.6 is 11.3 Å². The van der Waals surface area contributed by atoms with Gasteiger partial charge in [-0.2, -0.15) is 0 Å². The van der Waals surface area contributed by atoms with Crippen LogP contribution in [0.4, 0.5) is 5.13 Å². The second-order valence-electron chi connectivity index (χ2n) is 4.49. The van der Waals surface area contributed by atoms with Crippen LogP contribution in [0.5, 0.6) is 0 Å². The van der Waals surface area contributed by atoms with E-state index in [2.05, 4.69) is 15.3 Å². The van der Waals surface area contributed by atoms with Crippen LogP contribution in [0, 0.1) is 0 Å². The minimum Gasteiger partial charge on any atom is -0.481 e. The first kappa shape index (κ1) is 15.2. The number of aryl methyl sites for hydroxylation is 2. The van der Waals surface area contributed by atoms with Crippen LogP contribution in [-0.2, 0) is 22.6 Å². The molecule has 0 atom stereocenters. The molecule has 0 aliphatic heterocycles. The van der Waals surface area contributed by atoms with Crippen LogP contribution in [0.3, 0.4) is 0 Å². The van der Waals surface area contributed by atoms with Crippen molar-refractivity contribution < 1.29 is 14.7 Å². The molecule has 0 aromatic carbocycles. The van der Waals surface area contributed by atoms with E-state index in [4.69, 9.17) is 5.11 Å². The summed E-state index contributed by atoms with van der Waals surface area (Å²) in [4.78, 5) is 30.4. The molecule has 112 valence electrons. The topological polar surface area (TPSA) is 97.1 Å². The smallest absolute Gasteiger partial charge is 0.303 e. The number of rotatable bonds is 8. The molecule has 0 saturated carbocycles. The summed E-state index contributed by atoms with van der Waals surface area (Å²) in [5, 5.41) is 13.7. The van der Waals surface area contributed by atoms with Crippen LogP contribution in [0.1, 0.15) is 25.0 Å². The lowest BCUT2D eigenvalue weighted by Gasteiger charge is -2.02. The molecule has 0 radical (unpaired) electrons. The monoisotopic (exact) mass is 308 g/mol. The zero-order chi connectivity index (χ0) is 15.1. The van der Waals surface area contributed by atoms with Crippen molar-refractivity contribution in [3.05, 3.63) is 29.8 Å². The van der Waals surface area contributed by atoms with Gasteiger partial charge < -0.3 is 15.0 Å². The summed E-state index contributed by atoms with van der Waals surface area (Å²) >= 11 is 1.35. The maximum atomic E-state index is 11.8. The summed E-state index contributed by atoms with van der Waals surface area (Å²) in [5.74, 6) is -0.909. The fourth-order valence-corrected chi connectivity index (χ4v) is 2.49. The number of carboxylic acids is 1. The lowest BCUT2D eigenvalue weighted by molar-refractivity contribution is -0.137. The number of hydrogen-bond donors (Lipinski definition) is 2. The minimum atomic E-state index is -0.807. The lowest BCUT2D eigenvalue weighted by atomic mass is 10.2. The molecule has 1 amide bonds. The van der Waals surface area contributed by atoms with E-state index in [0.29, 0.717) is 30.9 Å². The highest BCUT2D eigenvalue weighted by Gasteiger charge is 2.07. The molecule has 2 heterocycles. The van der Waals surface area contributed by atoms with E-state index in [1.807, 2.05) is 9.95 Å². The number of carbonyl (C=O) groups excluding carboxylic acids is 1. The van der Waals surface area contributed by atoms with Crippen LogP contribution in [0.15, 0.2) is 24.1 Å². The van der Waals surface area contributed by atoms with Crippen molar-refractivity contribution >= 4 is 28.3 Å². The van der Waals surface area contributed by atoms with Gasteiger partial charge in [0.25, 0.3) is 0 Å². The van der Waals surface area contributed by atoms with E-state index in [9.17, 15) is 9.59 Å². The van der Waals surface area contributed by atoms with E-state index in [0.717, 1.165) is 5.69 Å². The maximum Gasteiger partial charge on any atom is 0.303 e. The van der Waals surface area contributed by atoms with Crippen molar-refractivity contribution in [1.82, 2.24) is 14.5 Å². The average Bonchev–Trinajstić information content (AvgIpc) is 3.08. The van der Waals surface area contributed by atoms with Crippen molar-refractivity contribution in [2.45, 2.75) is 32.2 Å². The van der Waals surface area contributed by atoms with E-state index >= 15 is 0 Å². The molecular formula is C13H16N4O3S. The highest BCUT2D eigenvalue weighted by atomic mass is 32.1. The third kappa shape index (κ3) is 5.35. The SMILES string of the molecule is O=C(O)CCCc1csc(NC(=O)CCn2ccnc2)n1. The van der Waals surface area contributed by atoms with Gasteiger partial charge in [0.15, 0.2) is 5.13 Å². The first-order valence-corrected chi connectivity index (χ1v) is 7.43. The Hall–Kier alpha value is -2.22. The predicted molar refractivity (Wildman–Crippen MR) is 78.2 cm³/mol. The number of nitrogens with one attached hydrogen (secondary N) is 1. The summed E-state index contributed by atoms with van der Waals surface area (Å²) in [7, 11) is 0. The van der Waals surface area contributed by atoms with Crippen LogP contribution in [0.2, 0.25) is 0 Å².